The number of nitrogens with one attached hydrogen (secondary N) is 1. The van der Waals surface area contributed by atoms with Crippen molar-refractivity contribution in [2.45, 2.75) is 32.9 Å². The Morgan fingerprint density at radius 1 is 1.45 bits per heavy atom. The van der Waals surface area contributed by atoms with Gasteiger partial charge in [-0.15, -0.1) is 0 Å². The standard InChI is InChI=1S/C15H19BrClN3/c1-4-7-20-15(13(17)9-19-20)14(18-3)11-8-10(2)5-6-12(11)16/h5-6,8-9,14,18H,4,7H2,1-3H3. The van der Waals surface area contributed by atoms with Gasteiger partial charge < -0.3 is 5.32 Å². The molecule has 1 atom stereocenters. The molecule has 1 unspecified atom stereocenters. The van der Waals surface area contributed by atoms with Crippen LogP contribution in [0.3, 0.4) is 0 Å². The summed E-state index contributed by atoms with van der Waals surface area (Å²) in [5, 5.41) is 8.43. The average Bonchev–Trinajstić information content (AvgIpc) is 2.77. The molecule has 0 aliphatic rings. The first kappa shape index (κ1) is 15.5. The lowest BCUT2D eigenvalue weighted by molar-refractivity contribution is 0.534. The summed E-state index contributed by atoms with van der Waals surface area (Å²) in [6.45, 7) is 5.09. The van der Waals surface area contributed by atoms with Gasteiger partial charge in [-0.1, -0.05) is 52.2 Å². The Bertz CT molecular complexity index is 595. The smallest absolute Gasteiger partial charge is 0.0837 e. The number of rotatable bonds is 5. The largest absolute Gasteiger partial charge is 0.308 e. The fourth-order valence-corrected chi connectivity index (χ4v) is 3.10. The third-order valence-electron chi connectivity index (χ3n) is 3.29. The molecule has 3 nitrogen and oxygen atoms in total. The highest BCUT2D eigenvalue weighted by Gasteiger charge is 2.22. The summed E-state index contributed by atoms with van der Waals surface area (Å²) in [7, 11) is 1.94. The van der Waals surface area contributed by atoms with Gasteiger partial charge in [0.2, 0.25) is 0 Å². The van der Waals surface area contributed by atoms with Crippen molar-refractivity contribution >= 4 is 27.5 Å². The summed E-state index contributed by atoms with van der Waals surface area (Å²) in [4.78, 5) is 0. The van der Waals surface area contributed by atoms with E-state index in [0.717, 1.165) is 23.1 Å². The fourth-order valence-electron chi connectivity index (χ4n) is 2.37. The lowest BCUT2D eigenvalue weighted by Gasteiger charge is -2.21. The third kappa shape index (κ3) is 3.08. The average molecular weight is 357 g/mol. The maximum absolute atomic E-state index is 6.36. The Kier molecular flexibility index (Phi) is 5.24. The topological polar surface area (TPSA) is 29.9 Å². The van der Waals surface area contributed by atoms with E-state index in [4.69, 9.17) is 11.6 Å². The number of nitrogens with zero attached hydrogens (tertiary/aromatic N) is 2. The van der Waals surface area contributed by atoms with Crippen molar-refractivity contribution in [1.82, 2.24) is 15.1 Å². The second kappa shape index (κ2) is 6.74. The van der Waals surface area contributed by atoms with Crippen LogP contribution in [-0.4, -0.2) is 16.8 Å². The Morgan fingerprint density at radius 3 is 2.85 bits per heavy atom. The molecule has 5 heteroatoms. The van der Waals surface area contributed by atoms with Crippen molar-refractivity contribution in [1.29, 1.82) is 0 Å². The van der Waals surface area contributed by atoms with Gasteiger partial charge in [0.25, 0.3) is 0 Å². The first-order valence-electron chi connectivity index (χ1n) is 6.73. The minimum absolute atomic E-state index is 0.0193. The summed E-state index contributed by atoms with van der Waals surface area (Å²) >= 11 is 9.99. The lowest BCUT2D eigenvalue weighted by Crippen LogP contribution is -2.22. The SMILES string of the molecule is CCCn1ncc(Cl)c1C(NC)c1cc(C)ccc1Br. The van der Waals surface area contributed by atoms with Gasteiger partial charge in [0, 0.05) is 11.0 Å². The molecule has 2 aromatic rings. The number of halogens is 2. The van der Waals surface area contributed by atoms with E-state index in [0.29, 0.717) is 5.02 Å². The quantitative estimate of drug-likeness (QED) is 0.864. The van der Waals surface area contributed by atoms with E-state index >= 15 is 0 Å². The highest BCUT2D eigenvalue weighted by Crippen LogP contribution is 2.33. The van der Waals surface area contributed by atoms with Crippen molar-refractivity contribution in [2.24, 2.45) is 0 Å². The van der Waals surface area contributed by atoms with Crippen LogP contribution in [0.25, 0.3) is 0 Å². The molecule has 0 saturated heterocycles. The molecular formula is C15H19BrClN3. The van der Waals surface area contributed by atoms with Crippen molar-refractivity contribution < 1.29 is 0 Å². The van der Waals surface area contributed by atoms with E-state index in [1.165, 1.54) is 11.1 Å². The highest BCUT2D eigenvalue weighted by molar-refractivity contribution is 9.10. The van der Waals surface area contributed by atoms with Crippen LogP contribution in [0.15, 0.2) is 28.9 Å². The minimum atomic E-state index is 0.0193. The predicted molar refractivity (Wildman–Crippen MR) is 87.3 cm³/mol. The van der Waals surface area contributed by atoms with Crippen LogP contribution in [0.2, 0.25) is 5.02 Å². The summed E-state index contributed by atoms with van der Waals surface area (Å²) in [5.74, 6) is 0. The number of aromatic nitrogens is 2. The molecular weight excluding hydrogens is 338 g/mol. The zero-order chi connectivity index (χ0) is 14.7. The molecule has 0 bridgehead atoms. The molecule has 0 radical (unpaired) electrons. The number of hydrogen-bond donors (Lipinski definition) is 1. The Balaban J connectivity index is 2.52. The molecule has 1 N–H and O–H groups in total. The van der Waals surface area contributed by atoms with Crippen LogP contribution in [0.5, 0.6) is 0 Å². The molecule has 0 fully saturated rings. The molecule has 2 rings (SSSR count). The first-order chi connectivity index (χ1) is 9.58. The van der Waals surface area contributed by atoms with Crippen LogP contribution >= 0.6 is 27.5 Å². The first-order valence-corrected chi connectivity index (χ1v) is 7.90. The van der Waals surface area contributed by atoms with E-state index in [2.05, 4.69) is 58.4 Å². The van der Waals surface area contributed by atoms with E-state index in [-0.39, 0.29) is 6.04 Å². The van der Waals surface area contributed by atoms with Gasteiger partial charge >= 0.3 is 0 Å². The van der Waals surface area contributed by atoms with Gasteiger partial charge in [0.1, 0.15) is 0 Å². The van der Waals surface area contributed by atoms with Crippen LogP contribution < -0.4 is 5.32 Å². The van der Waals surface area contributed by atoms with Crippen molar-refractivity contribution in [3.05, 3.63) is 50.7 Å². The Morgan fingerprint density at radius 2 is 2.20 bits per heavy atom. The molecule has 1 aromatic heterocycles. The monoisotopic (exact) mass is 355 g/mol. The Hall–Kier alpha value is -0.840. The van der Waals surface area contributed by atoms with Gasteiger partial charge in [-0.3, -0.25) is 4.68 Å². The normalized spacial score (nSPS) is 12.7. The van der Waals surface area contributed by atoms with Gasteiger partial charge in [-0.25, -0.2) is 0 Å². The van der Waals surface area contributed by atoms with Crippen molar-refractivity contribution in [2.75, 3.05) is 7.05 Å². The molecule has 0 aliphatic heterocycles. The van der Waals surface area contributed by atoms with Crippen LogP contribution in [0.4, 0.5) is 0 Å². The van der Waals surface area contributed by atoms with E-state index in [9.17, 15) is 0 Å². The van der Waals surface area contributed by atoms with Crippen LogP contribution in [-0.2, 0) is 6.54 Å². The van der Waals surface area contributed by atoms with E-state index in [1.54, 1.807) is 6.20 Å². The maximum atomic E-state index is 6.36. The number of aryl methyl sites for hydroxylation is 2. The molecule has 0 saturated carbocycles. The molecule has 0 aliphatic carbocycles. The minimum Gasteiger partial charge on any atom is -0.308 e. The third-order valence-corrected chi connectivity index (χ3v) is 4.31. The Labute approximate surface area is 133 Å². The highest BCUT2D eigenvalue weighted by atomic mass is 79.9. The molecule has 108 valence electrons. The zero-order valence-corrected chi connectivity index (χ0v) is 14.3. The van der Waals surface area contributed by atoms with Crippen molar-refractivity contribution in [3.8, 4) is 0 Å². The van der Waals surface area contributed by atoms with E-state index < -0.39 is 0 Å². The van der Waals surface area contributed by atoms with Crippen molar-refractivity contribution in [3.63, 3.8) is 0 Å². The molecule has 20 heavy (non-hydrogen) atoms. The van der Waals surface area contributed by atoms with E-state index in [1.807, 2.05) is 11.7 Å². The van der Waals surface area contributed by atoms with Gasteiger partial charge in [0.15, 0.2) is 0 Å². The molecule has 0 amide bonds. The van der Waals surface area contributed by atoms with Crippen LogP contribution in [0.1, 0.15) is 36.2 Å². The summed E-state index contributed by atoms with van der Waals surface area (Å²) in [6, 6.07) is 6.35. The number of hydrogen-bond acceptors (Lipinski definition) is 2. The number of benzene rings is 1. The second-order valence-corrected chi connectivity index (χ2v) is 6.11. The van der Waals surface area contributed by atoms with Gasteiger partial charge in [-0.05, 0) is 32.0 Å². The zero-order valence-electron chi connectivity index (χ0n) is 12.0. The summed E-state index contributed by atoms with van der Waals surface area (Å²) in [6.07, 6.45) is 2.75. The predicted octanol–water partition coefficient (Wildman–Crippen LogP) is 4.33. The van der Waals surface area contributed by atoms with Gasteiger partial charge in [-0.2, -0.15) is 5.10 Å². The molecule has 1 aromatic carbocycles. The summed E-state index contributed by atoms with van der Waals surface area (Å²) < 4.78 is 3.06. The maximum Gasteiger partial charge on any atom is 0.0837 e. The van der Waals surface area contributed by atoms with Crippen LogP contribution in [0, 0.1) is 6.92 Å². The lowest BCUT2D eigenvalue weighted by atomic mass is 10.0. The molecule has 0 spiro atoms. The second-order valence-electron chi connectivity index (χ2n) is 4.85. The van der Waals surface area contributed by atoms with Gasteiger partial charge in [0.05, 0.1) is 23.0 Å². The molecule has 1 heterocycles. The summed E-state index contributed by atoms with van der Waals surface area (Å²) in [5.41, 5.74) is 3.41. The fraction of sp³-hybridized carbons (Fsp3) is 0.400.